The minimum absolute atomic E-state index is 0.710. The van der Waals surface area contributed by atoms with Gasteiger partial charge in [0.1, 0.15) is 5.75 Å². The van der Waals surface area contributed by atoms with Crippen LogP contribution in [0.3, 0.4) is 0 Å². The van der Waals surface area contributed by atoms with E-state index >= 15 is 0 Å². The summed E-state index contributed by atoms with van der Waals surface area (Å²) < 4.78 is 6.37. The highest BCUT2D eigenvalue weighted by molar-refractivity contribution is 9.10. The zero-order valence-electron chi connectivity index (χ0n) is 8.73. The Hall–Kier alpha value is -0.500. The molecule has 0 aromatic heterocycles. The number of hydrogen-bond acceptors (Lipinski definition) is 1. The molecule has 0 aliphatic rings. The Kier molecular flexibility index (Phi) is 6.69. The maximum absolute atomic E-state index is 5.34. The number of aryl methyl sites for hydroxylation is 1. The van der Waals surface area contributed by atoms with E-state index in [9.17, 15) is 0 Å². The van der Waals surface area contributed by atoms with Crippen molar-refractivity contribution in [3.05, 3.63) is 28.2 Å². The summed E-state index contributed by atoms with van der Waals surface area (Å²) in [5.74, 6) is 0.915. The first-order valence-electron chi connectivity index (χ1n) is 4.63. The largest absolute Gasteiger partial charge is 0.493 e. The molecule has 0 radical (unpaired) electrons. The van der Waals surface area contributed by atoms with Crippen molar-refractivity contribution in [1.82, 2.24) is 0 Å². The first-order valence-corrected chi connectivity index (χ1v) is 5.42. The molecule has 13 heavy (non-hydrogen) atoms. The van der Waals surface area contributed by atoms with Gasteiger partial charge < -0.3 is 4.74 Å². The normalized spacial score (nSPS) is 8.69. The Bertz CT molecular complexity index is 246. The molecule has 0 amide bonds. The van der Waals surface area contributed by atoms with Gasteiger partial charge in [-0.05, 0) is 47.5 Å². The SMILES string of the molecule is CC.CCOc1ccc(C)cc1Br. The number of halogens is 1. The smallest absolute Gasteiger partial charge is 0.133 e. The summed E-state index contributed by atoms with van der Waals surface area (Å²) in [6.45, 7) is 8.74. The van der Waals surface area contributed by atoms with Crippen LogP contribution in [0.25, 0.3) is 0 Å². The van der Waals surface area contributed by atoms with E-state index in [2.05, 4.69) is 22.9 Å². The zero-order valence-corrected chi connectivity index (χ0v) is 10.3. The van der Waals surface area contributed by atoms with Crippen LogP contribution < -0.4 is 4.74 Å². The van der Waals surface area contributed by atoms with Crippen molar-refractivity contribution in [3.63, 3.8) is 0 Å². The van der Waals surface area contributed by atoms with E-state index in [1.165, 1.54) is 5.56 Å². The molecule has 0 atom stereocenters. The predicted octanol–water partition coefficient (Wildman–Crippen LogP) is 4.18. The average Bonchev–Trinajstić information content (AvgIpc) is 2.14. The van der Waals surface area contributed by atoms with E-state index < -0.39 is 0 Å². The van der Waals surface area contributed by atoms with Crippen molar-refractivity contribution < 1.29 is 4.74 Å². The second-order valence-corrected chi connectivity index (χ2v) is 3.22. The molecule has 0 saturated carbocycles. The van der Waals surface area contributed by atoms with Gasteiger partial charge in [-0.2, -0.15) is 0 Å². The lowest BCUT2D eigenvalue weighted by atomic mass is 10.2. The van der Waals surface area contributed by atoms with Gasteiger partial charge in [0.05, 0.1) is 11.1 Å². The van der Waals surface area contributed by atoms with Crippen LogP contribution in [0.4, 0.5) is 0 Å². The van der Waals surface area contributed by atoms with Gasteiger partial charge in [0.15, 0.2) is 0 Å². The molecule has 0 N–H and O–H groups in total. The third-order valence-corrected chi connectivity index (χ3v) is 2.01. The van der Waals surface area contributed by atoms with E-state index in [-0.39, 0.29) is 0 Å². The van der Waals surface area contributed by atoms with E-state index in [1.807, 2.05) is 39.0 Å². The minimum Gasteiger partial charge on any atom is -0.493 e. The Labute approximate surface area is 89.2 Å². The van der Waals surface area contributed by atoms with Gasteiger partial charge in [-0.1, -0.05) is 19.9 Å². The van der Waals surface area contributed by atoms with Crippen LogP contribution in [-0.2, 0) is 0 Å². The first kappa shape index (κ1) is 12.5. The molecule has 0 fully saturated rings. The van der Waals surface area contributed by atoms with E-state index in [0.29, 0.717) is 6.61 Å². The zero-order chi connectivity index (χ0) is 10.3. The van der Waals surface area contributed by atoms with Crippen LogP contribution in [0.15, 0.2) is 22.7 Å². The molecule has 0 aliphatic heterocycles. The van der Waals surface area contributed by atoms with Crippen LogP contribution >= 0.6 is 15.9 Å². The van der Waals surface area contributed by atoms with Crippen LogP contribution in [0.2, 0.25) is 0 Å². The molecule has 74 valence electrons. The third-order valence-electron chi connectivity index (χ3n) is 1.39. The Balaban J connectivity index is 0.000000671. The lowest BCUT2D eigenvalue weighted by Gasteiger charge is -2.05. The molecule has 1 aromatic rings. The molecule has 0 aliphatic carbocycles. The topological polar surface area (TPSA) is 9.23 Å². The lowest BCUT2D eigenvalue weighted by Crippen LogP contribution is -1.91. The molecule has 0 spiro atoms. The van der Waals surface area contributed by atoms with E-state index in [0.717, 1.165) is 10.2 Å². The van der Waals surface area contributed by atoms with Gasteiger partial charge in [0.2, 0.25) is 0 Å². The summed E-state index contributed by atoms with van der Waals surface area (Å²) in [6.07, 6.45) is 0. The number of rotatable bonds is 2. The molecular formula is C11H17BrO. The van der Waals surface area contributed by atoms with Crippen molar-refractivity contribution in [2.75, 3.05) is 6.61 Å². The van der Waals surface area contributed by atoms with Crippen molar-refractivity contribution >= 4 is 15.9 Å². The van der Waals surface area contributed by atoms with Gasteiger partial charge in [-0.15, -0.1) is 0 Å². The van der Waals surface area contributed by atoms with Gasteiger partial charge in [0, 0.05) is 0 Å². The molecule has 0 unspecified atom stereocenters. The monoisotopic (exact) mass is 244 g/mol. The van der Waals surface area contributed by atoms with Crippen LogP contribution in [0, 0.1) is 6.92 Å². The molecule has 0 heterocycles. The Morgan fingerprint density at radius 3 is 2.38 bits per heavy atom. The predicted molar refractivity (Wildman–Crippen MR) is 61.4 cm³/mol. The summed E-state index contributed by atoms with van der Waals surface area (Å²) in [7, 11) is 0. The summed E-state index contributed by atoms with van der Waals surface area (Å²) in [5, 5.41) is 0. The highest BCUT2D eigenvalue weighted by Crippen LogP contribution is 2.25. The van der Waals surface area contributed by atoms with Gasteiger partial charge >= 0.3 is 0 Å². The summed E-state index contributed by atoms with van der Waals surface area (Å²) in [4.78, 5) is 0. The van der Waals surface area contributed by atoms with Gasteiger partial charge in [-0.3, -0.25) is 0 Å². The maximum Gasteiger partial charge on any atom is 0.133 e. The molecule has 0 bridgehead atoms. The highest BCUT2D eigenvalue weighted by Gasteiger charge is 1.98. The van der Waals surface area contributed by atoms with E-state index in [1.54, 1.807) is 0 Å². The van der Waals surface area contributed by atoms with Crippen molar-refractivity contribution in [2.24, 2.45) is 0 Å². The maximum atomic E-state index is 5.34. The molecule has 1 nitrogen and oxygen atoms in total. The fourth-order valence-corrected chi connectivity index (χ4v) is 1.49. The molecule has 2 heteroatoms. The second-order valence-electron chi connectivity index (χ2n) is 2.37. The fourth-order valence-electron chi connectivity index (χ4n) is 0.878. The number of hydrogen-bond donors (Lipinski definition) is 0. The minimum atomic E-state index is 0.710. The summed E-state index contributed by atoms with van der Waals surface area (Å²) >= 11 is 3.42. The standard InChI is InChI=1S/C9H11BrO.C2H6/c1-3-11-9-5-4-7(2)6-8(9)10;1-2/h4-6H,3H2,1-2H3;1-2H3. The van der Waals surface area contributed by atoms with Crippen LogP contribution in [0.1, 0.15) is 26.3 Å². The summed E-state index contributed by atoms with van der Waals surface area (Å²) in [5.41, 5.74) is 1.24. The second kappa shape index (κ2) is 6.96. The molecule has 0 saturated heterocycles. The quantitative estimate of drug-likeness (QED) is 0.759. The molecule has 1 aromatic carbocycles. The Morgan fingerprint density at radius 1 is 1.31 bits per heavy atom. The lowest BCUT2D eigenvalue weighted by molar-refractivity contribution is 0.338. The third kappa shape index (κ3) is 4.32. The summed E-state index contributed by atoms with van der Waals surface area (Å²) in [6, 6.07) is 6.06. The van der Waals surface area contributed by atoms with Crippen molar-refractivity contribution in [1.29, 1.82) is 0 Å². The molecular weight excluding hydrogens is 228 g/mol. The van der Waals surface area contributed by atoms with Gasteiger partial charge in [-0.25, -0.2) is 0 Å². The Morgan fingerprint density at radius 2 is 1.92 bits per heavy atom. The highest BCUT2D eigenvalue weighted by atomic mass is 79.9. The van der Waals surface area contributed by atoms with Crippen LogP contribution in [-0.4, -0.2) is 6.61 Å². The molecule has 1 rings (SSSR count). The number of ether oxygens (including phenoxy) is 1. The average molecular weight is 245 g/mol. The van der Waals surface area contributed by atoms with Crippen molar-refractivity contribution in [2.45, 2.75) is 27.7 Å². The number of benzene rings is 1. The van der Waals surface area contributed by atoms with Crippen molar-refractivity contribution in [3.8, 4) is 5.75 Å². The van der Waals surface area contributed by atoms with Gasteiger partial charge in [0.25, 0.3) is 0 Å². The fraction of sp³-hybridized carbons (Fsp3) is 0.455. The first-order chi connectivity index (χ1) is 6.24. The van der Waals surface area contributed by atoms with E-state index in [4.69, 9.17) is 4.74 Å². The van der Waals surface area contributed by atoms with Crippen LogP contribution in [0.5, 0.6) is 5.75 Å².